The zero-order chi connectivity index (χ0) is 17.2. The minimum Gasteiger partial charge on any atom is -0.390 e. The zero-order valence-corrected chi connectivity index (χ0v) is 13.8. The highest BCUT2D eigenvalue weighted by Crippen LogP contribution is 2.35. The molecule has 0 amide bonds. The molecule has 5 heteroatoms. The summed E-state index contributed by atoms with van der Waals surface area (Å²) in [5, 5.41) is 25.0. The number of hydrogen-bond acceptors (Lipinski definition) is 5. The van der Waals surface area contributed by atoms with Gasteiger partial charge in [-0.15, -0.1) is 0 Å². The number of fused-ring (bicyclic) bond motifs is 1. The van der Waals surface area contributed by atoms with Crippen LogP contribution in [0.25, 0.3) is 10.9 Å². The Bertz CT molecular complexity index is 856. The van der Waals surface area contributed by atoms with E-state index in [-0.39, 0.29) is 12.0 Å². The minimum atomic E-state index is -0.793. The summed E-state index contributed by atoms with van der Waals surface area (Å²) in [5.74, 6) is 0.0344. The third-order valence-electron chi connectivity index (χ3n) is 4.99. The van der Waals surface area contributed by atoms with Crippen molar-refractivity contribution in [2.75, 3.05) is 0 Å². The Morgan fingerprint density at radius 1 is 1.08 bits per heavy atom. The number of benzene rings is 1. The number of rotatable bonds is 4. The van der Waals surface area contributed by atoms with E-state index in [1.54, 1.807) is 6.20 Å². The lowest BCUT2D eigenvalue weighted by Gasteiger charge is -2.23. The van der Waals surface area contributed by atoms with Gasteiger partial charge in [-0.25, -0.2) is 0 Å². The summed E-state index contributed by atoms with van der Waals surface area (Å²) < 4.78 is 0. The van der Waals surface area contributed by atoms with E-state index in [0.717, 1.165) is 22.0 Å². The fraction of sp³-hybridized carbons (Fsp3) is 0.300. The van der Waals surface area contributed by atoms with Gasteiger partial charge in [0.25, 0.3) is 0 Å². The fourth-order valence-corrected chi connectivity index (χ4v) is 3.67. The maximum absolute atomic E-state index is 10.4. The van der Waals surface area contributed by atoms with Crippen LogP contribution in [0.15, 0.2) is 61.1 Å². The van der Waals surface area contributed by atoms with Gasteiger partial charge in [0, 0.05) is 42.5 Å². The molecule has 1 saturated carbocycles. The van der Waals surface area contributed by atoms with Gasteiger partial charge in [-0.2, -0.15) is 0 Å². The molecule has 4 atom stereocenters. The normalized spacial score (nSPS) is 26.2. The van der Waals surface area contributed by atoms with Gasteiger partial charge in [0.05, 0.1) is 17.7 Å². The first-order valence-corrected chi connectivity index (χ1v) is 8.55. The van der Waals surface area contributed by atoms with Crippen molar-refractivity contribution in [2.24, 2.45) is 0 Å². The van der Waals surface area contributed by atoms with Crippen molar-refractivity contribution in [3.63, 3.8) is 0 Å². The van der Waals surface area contributed by atoms with Gasteiger partial charge >= 0.3 is 0 Å². The van der Waals surface area contributed by atoms with Crippen LogP contribution < -0.4 is 5.32 Å². The van der Waals surface area contributed by atoms with Crippen molar-refractivity contribution in [1.29, 1.82) is 0 Å². The molecular weight excluding hydrogens is 314 g/mol. The Hall–Kier alpha value is -2.34. The SMILES string of the molecule is O[C@H]1[C@H](NCc2cnc3ccccc3c2)[C@@H](c2cccnc2)C[C@H]1O. The molecule has 5 nitrogen and oxygen atoms in total. The van der Waals surface area contributed by atoms with E-state index >= 15 is 0 Å². The molecule has 1 aliphatic carbocycles. The first-order valence-electron chi connectivity index (χ1n) is 8.55. The maximum atomic E-state index is 10.4. The van der Waals surface area contributed by atoms with Gasteiger partial charge < -0.3 is 15.5 Å². The Kier molecular flexibility index (Phi) is 4.44. The first kappa shape index (κ1) is 16.1. The summed E-state index contributed by atoms with van der Waals surface area (Å²) in [6, 6.07) is 13.8. The Balaban J connectivity index is 1.53. The molecule has 2 heterocycles. The van der Waals surface area contributed by atoms with Crippen LogP contribution in [0.5, 0.6) is 0 Å². The van der Waals surface area contributed by atoms with Crippen LogP contribution >= 0.6 is 0 Å². The van der Waals surface area contributed by atoms with Crippen LogP contribution in [0.4, 0.5) is 0 Å². The van der Waals surface area contributed by atoms with Crippen LogP contribution in [0.3, 0.4) is 0 Å². The van der Waals surface area contributed by atoms with Crippen molar-refractivity contribution >= 4 is 10.9 Å². The molecule has 0 saturated heterocycles. The smallest absolute Gasteiger partial charge is 0.0957 e. The molecule has 0 spiro atoms. The number of pyridine rings is 2. The highest BCUT2D eigenvalue weighted by Gasteiger charge is 2.42. The van der Waals surface area contributed by atoms with Gasteiger partial charge in [0.2, 0.25) is 0 Å². The standard InChI is InChI=1S/C20H21N3O2/c24-18-9-16(15-5-3-7-21-12-15)19(20(18)25)23-11-13-8-14-4-1-2-6-17(14)22-10-13/h1-8,10,12,16,18-20,23-25H,9,11H2/t16-,18-,19-,20-/m1/s1. The second-order valence-electron chi connectivity index (χ2n) is 6.63. The van der Waals surface area contributed by atoms with Crippen LogP contribution in [0.1, 0.15) is 23.5 Å². The lowest BCUT2D eigenvalue weighted by atomic mass is 9.95. The first-order chi connectivity index (χ1) is 12.2. The van der Waals surface area contributed by atoms with Gasteiger partial charge in [0.15, 0.2) is 0 Å². The summed E-state index contributed by atoms with van der Waals surface area (Å²) in [6.07, 6.45) is 4.40. The highest BCUT2D eigenvalue weighted by atomic mass is 16.3. The summed E-state index contributed by atoms with van der Waals surface area (Å²) in [5.41, 5.74) is 3.06. The molecule has 0 radical (unpaired) electrons. The number of aliphatic hydroxyl groups excluding tert-OH is 2. The van der Waals surface area contributed by atoms with Crippen molar-refractivity contribution in [3.8, 4) is 0 Å². The second-order valence-corrected chi connectivity index (χ2v) is 6.63. The van der Waals surface area contributed by atoms with Crippen molar-refractivity contribution < 1.29 is 10.2 Å². The van der Waals surface area contributed by atoms with E-state index in [1.807, 2.05) is 48.8 Å². The molecule has 0 aliphatic heterocycles. The number of hydrogen-bond donors (Lipinski definition) is 3. The molecule has 1 aromatic carbocycles. The van der Waals surface area contributed by atoms with Crippen molar-refractivity contribution in [3.05, 3.63) is 72.2 Å². The van der Waals surface area contributed by atoms with Crippen LogP contribution in [0, 0.1) is 0 Å². The molecule has 2 aromatic heterocycles. The van der Waals surface area contributed by atoms with Crippen LogP contribution in [0.2, 0.25) is 0 Å². The molecular formula is C20H21N3O2. The number of aromatic nitrogens is 2. The van der Waals surface area contributed by atoms with Crippen LogP contribution in [-0.4, -0.2) is 38.4 Å². The summed E-state index contributed by atoms with van der Waals surface area (Å²) in [7, 11) is 0. The summed E-state index contributed by atoms with van der Waals surface area (Å²) in [4.78, 5) is 8.64. The molecule has 3 aromatic rings. The van der Waals surface area contributed by atoms with Crippen molar-refractivity contribution in [1.82, 2.24) is 15.3 Å². The second kappa shape index (κ2) is 6.88. The number of aliphatic hydroxyl groups is 2. The predicted molar refractivity (Wildman–Crippen MR) is 96.0 cm³/mol. The van der Waals surface area contributed by atoms with Gasteiger partial charge in [-0.1, -0.05) is 24.3 Å². The molecule has 25 heavy (non-hydrogen) atoms. The molecule has 128 valence electrons. The Morgan fingerprint density at radius 3 is 2.80 bits per heavy atom. The van der Waals surface area contributed by atoms with E-state index in [1.165, 1.54) is 0 Å². The molecule has 0 unspecified atom stereocenters. The van der Waals surface area contributed by atoms with Gasteiger partial charge in [-0.05, 0) is 35.7 Å². The minimum absolute atomic E-state index is 0.0344. The zero-order valence-electron chi connectivity index (χ0n) is 13.8. The van der Waals surface area contributed by atoms with E-state index in [0.29, 0.717) is 13.0 Å². The fourth-order valence-electron chi connectivity index (χ4n) is 3.67. The molecule has 1 fully saturated rings. The summed E-state index contributed by atoms with van der Waals surface area (Å²) >= 11 is 0. The molecule has 0 bridgehead atoms. The largest absolute Gasteiger partial charge is 0.390 e. The van der Waals surface area contributed by atoms with Gasteiger partial charge in [0.1, 0.15) is 0 Å². The van der Waals surface area contributed by atoms with E-state index in [9.17, 15) is 10.2 Å². The number of nitrogens with zero attached hydrogens (tertiary/aromatic N) is 2. The Morgan fingerprint density at radius 2 is 1.96 bits per heavy atom. The summed E-state index contributed by atoms with van der Waals surface area (Å²) in [6.45, 7) is 0.586. The average Bonchev–Trinajstić information content (AvgIpc) is 2.95. The van der Waals surface area contributed by atoms with Crippen LogP contribution in [-0.2, 0) is 6.54 Å². The molecule has 4 rings (SSSR count). The third-order valence-corrected chi connectivity index (χ3v) is 4.99. The lowest BCUT2D eigenvalue weighted by molar-refractivity contribution is 0.0297. The lowest BCUT2D eigenvalue weighted by Crippen LogP contribution is -2.41. The highest BCUT2D eigenvalue weighted by molar-refractivity contribution is 5.78. The topological polar surface area (TPSA) is 78.3 Å². The quantitative estimate of drug-likeness (QED) is 0.680. The molecule has 3 N–H and O–H groups in total. The monoisotopic (exact) mass is 335 g/mol. The Labute approximate surface area is 146 Å². The van der Waals surface area contributed by atoms with Crippen molar-refractivity contribution in [2.45, 2.75) is 37.1 Å². The predicted octanol–water partition coefficient (Wildman–Crippen LogP) is 2.00. The molecule has 1 aliphatic rings. The maximum Gasteiger partial charge on any atom is 0.0957 e. The van der Waals surface area contributed by atoms with E-state index in [4.69, 9.17) is 0 Å². The van der Waals surface area contributed by atoms with E-state index in [2.05, 4.69) is 21.4 Å². The third kappa shape index (κ3) is 3.26. The van der Waals surface area contributed by atoms with Gasteiger partial charge in [-0.3, -0.25) is 9.97 Å². The number of nitrogens with one attached hydrogen (secondary N) is 1. The number of para-hydroxylation sites is 1. The average molecular weight is 335 g/mol. The van der Waals surface area contributed by atoms with E-state index < -0.39 is 12.2 Å².